The van der Waals surface area contributed by atoms with Gasteiger partial charge in [-0.1, -0.05) is 42.5 Å². The number of aromatic nitrogens is 2. The predicted octanol–water partition coefficient (Wildman–Crippen LogP) is 2.82. The number of hydrogen-bond acceptors (Lipinski definition) is 3. The third kappa shape index (κ3) is 2.79. The van der Waals surface area contributed by atoms with Crippen molar-refractivity contribution in [1.29, 1.82) is 0 Å². The van der Waals surface area contributed by atoms with Gasteiger partial charge in [0.05, 0.1) is 10.9 Å². The van der Waals surface area contributed by atoms with Gasteiger partial charge in [0.25, 0.3) is 5.56 Å². The van der Waals surface area contributed by atoms with E-state index in [-0.39, 0.29) is 11.3 Å². The molecule has 3 aromatic rings. The lowest BCUT2D eigenvalue weighted by molar-refractivity contribution is 0.104. The van der Waals surface area contributed by atoms with Crippen molar-refractivity contribution in [3.8, 4) is 0 Å². The molecule has 1 aromatic heterocycles. The van der Waals surface area contributed by atoms with Gasteiger partial charge in [-0.2, -0.15) is 0 Å². The van der Waals surface area contributed by atoms with Gasteiger partial charge in [-0.15, -0.1) is 0 Å². The Morgan fingerprint density at radius 2 is 1.71 bits per heavy atom. The van der Waals surface area contributed by atoms with Gasteiger partial charge in [-0.05, 0) is 24.3 Å². The molecular formula is C17H12N2O2. The lowest BCUT2D eigenvalue weighted by atomic mass is 10.1. The van der Waals surface area contributed by atoms with Crippen molar-refractivity contribution in [1.82, 2.24) is 9.97 Å². The Morgan fingerprint density at radius 1 is 1.00 bits per heavy atom. The zero-order chi connectivity index (χ0) is 14.7. The number of carbonyl (C=O) groups is 1. The van der Waals surface area contributed by atoms with E-state index in [1.165, 1.54) is 12.2 Å². The van der Waals surface area contributed by atoms with Crippen molar-refractivity contribution >= 4 is 22.8 Å². The van der Waals surface area contributed by atoms with E-state index in [4.69, 9.17) is 0 Å². The summed E-state index contributed by atoms with van der Waals surface area (Å²) in [6.45, 7) is 0. The monoisotopic (exact) mass is 276 g/mol. The summed E-state index contributed by atoms with van der Waals surface area (Å²) in [5, 5.41) is 0.532. The summed E-state index contributed by atoms with van der Waals surface area (Å²) in [5.74, 6) is 0.231. The number of allylic oxidation sites excluding steroid dienone is 1. The summed E-state index contributed by atoms with van der Waals surface area (Å²) in [6.07, 6.45) is 2.92. The molecule has 0 atom stereocenters. The van der Waals surface area contributed by atoms with Gasteiger partial charge in [0, 0.05) is 5.56 Å². The van der Waals surface area contributed by atoms with E-state index >= 15 is 0 Å². The second-order valence-corrected chi connectivity index (χ2v) is 4.53. The van der Waals surface area contributed by atoms with Crippen LogP contribution in [0.1, 0.15) is 16.2 Å². The van der Waals surface area contributed by atoms with E-state index in [9.17, 15) is 9.59 Å². The number of carbonyl (C=O) groups excluding carboxylic acids is 1. The van der Waals surface area contributed by atoms with E-state index in [1.54, 1.807) is 42.5 Å². The molecule has 1 N–H and O–H groups in total. The zero-order valence-electron chi connectivity index (χ0n) is 11.1. The zero-order valence-corrected chi connectivity index (χ0v) is 11.1. The minimum atomic E-state index is -0.215. The van der Waals surface area contributed by atoms with Crippen molar-refractivity contribution in [2.24, 2.45) is 0 Å². The van der Waals surface area contributed by atoms with Crippen LogP contribution in [0.2, 0.25) is 0 Å². The normalized spacial score (nSPS) is 11.0. The van der Waals surface area contributed by atoms with Gasteiger partial charge < -0.3 is 4.98 Å². The van der Waals surface area contributed by atoms with Crippen molar-refractivity contribution in [3.63, 3.8) is 0 Å². The van der Waals surface area contributed by atoms with Crippen LogP contribution in [0.15, 0.2) is 65.5 Å². The van der Waals surface area contributed by atoms with Crippen molar-refractivity contribution < 1.29 is 4.79 Å². The Hall–Kier alpha value is -3.01. The first-order valence-corrected chi connectivity index (χ1v) is 6.50. The number of ketones is 1. The lowest BCUT2D eigenvalue weighted by Crippen LogP contribution is -2.09. The molecule has 21 heavy (non-hydrogen) atoms. The van der Waals surface area contributed by atoms with Gasteiger partial charge >= 0.3 is 0 Å². The molecule has 0 radical (unpaired) electrons. The molecule has 2 aromatic carbocycles. The maximum atomic E-state index is 12.0. The van der Waals surface area contributed by atoms with Gasteiger partial charge in [0.1, 0.15) is 5.82 Å². The maximum Gasteiger partial charge on any atom is 0.259 e. The maximum absolute atomic E-state index is 12.0. The van der Waals surface area contributed by atoms with Crippen LogP contribution in [-0.2, 0) is 0 Å². The summed E-state index contributed by atoms with van der Waals surface area (Å²) >= 11 is 0. The van der Waals surface area contributed by atoms with Crippen LogP contribution in [-0.4, -0.2) is 15.8 Å². The Kier molecular flexibility index (Phi) is 3.43. The molecule has 0 bridgehead atoms. The molecule has 0 saturated carbocycles. The second-order valence-electron chi connectivity index (χ2n) is 4.53. The topological polar surface area (TPSA) is 62.8 Å². The average molecular weight is 276 g/mol. The third-order valence-corrected chi connectivity index (χ3v) is 3.08. The molecule has 4 nitrogen and oxygen atoms in total. The van der Waals surface area contributed by atoms with Crippen molar-refractivity contribution in [3.05, 3.63) is 82.4 Å². The van der Waals surface area contributed by atoms with Crippen LogP contribution in [0.5, 0.6) is 0 Å². The molecule has 0 aliphatic heterocycles. The number of nitrogens with one attached hydrogen (secondary N) is 1. The molecule has 3 rings (SSSR count). The molecule has 1 heterocycles. The number of fused-ring (bicyclic) bond motifs is 1. The smallest absolute Gasteiger partial charge is 0.259 e. The minimum Gasteiger partial charge on any atom is -0.306 e. The highest BCUT2D eigenvalue weighted by molar-refractivity contribution is 6.06. The van der Waals surface area contributed by atoms with Gasteiger partial charge in [-0.25, -0.2) is 4.98 Å². The lowest BCUT2D eigenvalue weighted by Gasteiger charge is -1.98. The van der Waals surface area contributed by atoms with Crippen molar-refractivity contribution in [2.45, 2.75) is 0 Å². The van der Waals surface area contributed by atoms with Crippen LogP contribution >= 0.6 is 0 Å². The number of rotatable bonds is 3. The van der Waals surface area contributed by atoms with Crippen LogP contribution in [0.4, 0.5) is 0 Å². The van der Waals surface area contributed by atoms with E-state index < -0.39 is 0 Å². The summed E-state index contributed by atoms with van der Waals surface area (Å²) in [6, 6.07) is 16.0. The number of hydrogen-bond donors (Lipinski definition) is 1. The van der Waals surface area contributed by atoms with E-state index in [1.807, 2.05) is 12.1 Å². The fraction of sp³-hybridized carbons (Fsp3) is 0. The average Bonchev–Trinajstić information content (AvgIpc) is 2.53. The summed E-state index contributed by atoms with van der Waals surface area (Å²) in [5.41, 5.74) is 0.984. The second kappa shape index (κ2) is 5.54. The quantitative estimate of drug-likeness (QED) is 0.591. The van der Waals surface area contributed by atoms with Crippen molar-refractivity contribution in [2.75, 3.05) is 0 Å². The van der Waals surface area contributed by atoms with E-state index in [0.717, 1.165) is 0 Å². The Balaban J connectivity index is 1.93. The van der Waals surface area contributed by atoms with Crippen LogP contribution in [0.3, 0.4) is 0 Å². The highest BCUT2D eigenvalue weighted by Gasteiger charge is 2.02. The Labute approximate surface area is 120 Å². The first kappa shape index (κ1) is 13.0. The van der Waals surface area contributed by atoms with Crippen LogP contribution in [0.25, 0.3) is 17.0 Å². The predicted molar refractivity (Wildman–Crippen MR) is 82.2 cm³/mol. The molecular weight excluding hydrogens is 264 g/mol. The fourth-order valence-electron chi connectivity index (χ4n) is 2.04. The molecule has 0 aliphatic carbocycles. The number of H-pyrrole nitrogens is 1. The highest BCUT2D eigenvalue weighted by Crippen LogP contribution is 2.07. The van der Waals surface area contributed by atoms with Crippen LogP contribution < -0.4 is 5.56 Å². The summed E-state index contributed by atoms with van der Waals surface area (Å²) < 4.78 is 0. The number of para-hydroxylation sites is 1. The summed E-state index contributed by atoms with van der Waals surface area (Å²) in [4.78, 5) is 30.8. The van der Waals surface area contributed by atoms with Gasteiger partial charge in [0.15, 0.2) is 5.78 Å². The SMILES string of the molecule is O=C(/C=C/c1nc2ccccc2c(=O)[nH]1)c1ccccc1. The van der Waals surface area contributed by atoms with Crippen LogP contribution in [0, 0.1) is 0 Å². The standard InChI is InChI=1S/C17H12N2O2/c20-15(12-6-2-1-3-7-12)10-11-16-18-14-9-5-4-8-13(14)17(21)19-16/h1-11H,(H,18,19,21)/b11-10+. The molecule has 0 spiro atoms. The fourth-order valence-corrected chi connectivity index (χ4v) is 2.04. The molecule has 4 heteroatoms. The van der Waals surface area contributed by atoms with E-state index in [0.29, 0.717) is 22.3 Å². The molecule has 0 saturated heterocycles. The Morgan fingerprint density at radius 3 is 2.52 bits per heavy atom. The summed E-state index contributed by atoms with van der Waals surface area (Å²) in [7, 11) is 0. The molecule has 0 amide bonds. The minimum absolute atomic E-state index is 0.133. The first-order chi connectivity index (χ1) is 10.2. The number of aromatic amines is 1. The molecule has 0 aliphatic rings. The molecule has 0 unspecified atom stereocenters. The van der Waals surface area contributed by atoms with Gasteiger partial charge in [0.2, 0.25) is 0 Å². The third-order valence-electron chi connectivity index (χ3n) is 3.08. The van der Waals surface area contributed by atoms with Gasteiger partial charge in [-0.3, -0.25) is 9.59 Å². The highest BCUT2D eigenvalue weighted by atomic mass is 16.1. The Bertz CT molecular complexity index is 880. The first-order valence-electron chi connectivity index (χ1n) is 6.50. The molecule has 102 valence electrons. The largest absolute Gasteiger partial charge is 0.306 e. The number of nitrogens with zero attached hydrogens (tertiary/aromatic N) is 1. The molecule has 0 fully saturated rings. The number of benzene rings is 2. The van der Waals surface area contributed by atoms with E-state index in [2.05, 4.69) is 9.97 Å².